The van der Waals surface area contributed by atoms with Crippen LogP contribution in [0.15, 0.2) is 42.6 Å². The molecule has 0 radical (unpaired) electrons. The Labute approximate surface area is 113 Å². The molecule has 0 saturated carbocycles. The fourth-order valence-electron chi connectivity index (χ4n) is 1.68. The van der Waals surface area contributed by atoms with E-state index >= 15 is 0 Å². The summed E-state index contributed by atoms with van der Waals surface area (Å²) in [5.41, 5.74) is 2.32. The molecule has 1 aromatic carbocycles. The van der Waals surface area contributed by atoms with E-state index in [1.165, 1.54) is 5.56 Å². The average Bonchev–Trinajstić information content (AvgIpc) is 2.42. The molecule has 0 fully saturated rings. The maximum absolute atomic E-state index is 5.71. The molecule has 2 rings (SSSR count). The Hall–Kier alpha value is -1.54. The number of aromatic nitrogens is 1. The summed E-state index contributed by atoms with van der Waals surface area (Å²) in [6.45, 7) is 2.17. The second-order valence-corrected chi connectivity index (χ2v) is 4.40. The molecule has 18 heavy (non-hydrogen) atoms. The summed E-state index contributed by atoms with van der Waals surface area (Å²) in [5.74, 6) is 1.87. The first-order valence-electron chi connectivity index (χ1n) is 6.09. The highest BCUT2D eigenvalue weighted by molar-refractivity contribution is 6.17. The largest absolute Gasteiger partial charge is 0.439 e. The summed E-state index contributed by atoms with van der Waals surface area (Å²) < 4.78 is 5.66. The smallest absolute Gasteiger partial charge is 0.219 e. The Morgan fingerprint density at radius 3 is 2.33 bits per heavy atom. The van der Waals surface area contributed by atoms with E-state index in [-0.39, 0.29) is 0 Å². The van der Waals surface area contributed by atoms with Crippen molar-refractivity contribution < 1.29 is 4.74 Å². The third-order valence-corrected chi connectivity index (χ3v) is 2.94. The molecule has 0 aliphatic heterocycles. The van der Waals surface area contributed by atoms with Crippen molar-refractivity contribution in [3.8, 4) is 11.6 Å². The molecule has 0 atom stereocenters. The monoisotopic (exact) mass is 261 g/mol. The summed E-state index contributed by atoms with van der Waals surface area (Å²) >= 11 is 5.71. The van der Waals surface area contributed by atoms with Gasteiger partial charge in [0.15, 0.2) is 0 Å². The second kappa shape index (κ2) is 6.41. The highest BCUT2D eigenvalue weighted by atomic mass is 35.5. The van der Waals surface area contributed by atoms with Crippen LogP contribution in [0.2, 0.25) is 0 Å². The van der Waals surface area contributed by atoms with Crippen LogP contribution in [0.25, 0.3) is 0 Å². The molecule has 0 unspecified atom stereocenters. The Morgan fingerprint density at radius 2 is 1.78 bits per heavy atom. The second-order valence-electron chi connectivity index (χ2n) is 4.13. The normalized spacial score (nSPS) is 10.3. The topological polar surface area (TPSA) is 22.1 Å². The minimum absolute atomic E-state index is 0.471. The van der Waals surface area contributed by atoms with Gasteiger partial charge >= 0.3 is 0 Å². The van der Waals surface area contributed by atoms with E-state index in [1.807, 2.05) is 24.3 Å². The summed E-state index contributed by atoms with van der Waals surface area (Å²) in [6, 6.07) is 11.9. The molecule has 0 saturated heterocycles. The fourth-order valence-corrected chi connectivity index (χ4v) is 1.84. The molecule has 3 heteroatoms. The number of halogens is 1. The van der Waals surface area contributed by atoms with Gasteiger partial charge in [-0.05, 0) is 29.7 Å². The van der Waals surface area contributed by atoms with Crippen LogP contribution >= 0.6 is 11.6 Å². The van der Waals surface area contributed by atoms with E-state index < -0.39 is 0 Å². The van der Waals surface area contributed by atoms with Crippen molar-refractivity contribution >= 4 is 11.6 Å². The maximum atomic E-state index is 5.71. The van der Waals surface area contributed by atoms with Gasteiger partial charge in [-0.15, -0.1) is 11.6 Å². The summed E-state index contributed by atoms with van der Waals surface area (Å²) in [5, 5.41) is 0. The van der Waals surface area contributed by atoms with Crippen LogP contribution in [0.1, 0.15) is 24.5 Å². The van der Waals surface area contributed by atoms with Gasteiger partial charge in [0, 0.05) is 18.1 Å². The lowest BCUT2D eigenvalue weighted by Crippen LogP contribution is -1.89. The molecule has 94 valence electrons. The minimum Gasteiger partial charge on any atom is -0.439 e. The number of alkyl halides is 1. The van der Waals surface area contributed by atoms with E-state index in [2.05, 4.69) is 24.0 Å². The third kappa shape index (κ3) is 3.47. The Balaban J connectivity index is 2.03. The fraction of sp³-hybridized carbons (Fsp3) is 0.267. The standard InChI is InChI=1S/C15H16ClNO/c1-2-3-12-4-7-14(8-5-12)18-15-9-6-13(10-16)11-17-15/h4-9,11H,2-3,10H2,1H3. The minimum atomic E-state index is 0.471. The number of rotatable bonds is 5. The predicted octanol–water partition coefficient (Wildman–Crippen LogP) is 4.57. The van der Waals surface area contributed by atoms with Crippen LogP contribution in [0.3, 0.4) is 0 Å². The van der Waals surface area contributed by atoms with E-state index in [9.17, 15) is 0 Å². The molecule has 1 aromatic heterocycles. The maximum Gasteiger partial charge on any atom is 0.219 e. The number of nitrogens with zero attached hydrogens (tertiary/aromatic N) is 1. The van der Waals surface area contributed by atoms with Crippen molar-refractivity contribution in [2.75, 3.05) is 0 Å². The van der Waals surface area contributed by atoms with Crippen molar-refractivity contribution in [2.45, 2.75) is 25.6 Å². The van der Waals surface area contributed by atoms with Gasteiger partial charge in [-0.2, -0.15) is 0 Å². The molecule has 0 aliphatic rings. The molecular weight excluding hydrogens is 246 g/mol. The number of ether oxygens (including phenoxy) is 1. The predicted molar refractivity (Wildman–Crippen MR) is 74.3 cm³/mol. The molecule has 2 nitrogen and oxygen atoms in total. The number of benzene rings is 1. The van der Waals surface area contributed by atoms with E-state index in [0.29, 0.717) is 11.8 Å². The van der Waals surface area contributed by atoms with Crippen LogP contribution in [0.5, 0.6) is 11.6 Å². The molecule has 0 aliphatic carbocycles. The number of hydrogen-bond donors (Lipinski definition) is 0. The first-order chi connectivity index (χ1) is 8.81. The quantitative estimate of drug-likeness (QED) is 0.736. The van der Waals surface area contributed by atoms with Crippen molar-refractivity contribution in [3.05, 3.63) is 53.7 Å². The van der Waals surface area contributed by atoms with Gasteiger partial charge in [0.1, 0.15) is 5.75 Å². The van der Waals surface area contributed by atoms with Crippen molar-refractivity contribution in [3.63, 3.8) is 0 Å². The van der Waals surface area contributed by atoms with Gasteiger partial charge in [-0.1, -0.05) is 31.5 Å². The zero-order valence-electron chi connectivity index (χ0n) is 10.4. The molecule has 0 N–H and O–H groups in total. The Bertz CT molecular complexity index is 479. The van der Waals surface area contributed by atoms with E-state index in [1.54, 1.807) is 6.20 Å². The number of hydrogen-bond acceptors (Lipinski definition) is 2. The molecule has 0 amide bonds. The Morgan fingerprint density at radius 1 is 1.06 bits per heavy atom. The third-order valence-electron chi connectivity index (χ3n) is 2.64. The first kappa shape index (κ1) is 12.9. The van der Waals surface area contributed by atoms with Crippen LogP contribution in [0, 0.1) is 0 Å². The lowest BCUT2D eigenvalue weighted by molar-refractivity contribution is 0.462. The van der Waals surface area contributed by atoms with Crippen molar-refractivity contribution in [1.82, 2.24) is 4.98 Å². The zero-order valence-corrected chi connectivity index (χ0v) is 11.2. The molecule has 0 spiro atoms. The lowest BCUT2D eigenvalue weighted by atomic mass is 10.1. The highest BCUT2D eigenvalue weighted by Crippen LogP contribution is 2.20. The summed E-state index contributed by atoms with van der Waals surface area (Å²) in [4.78, 5) is 4.20. The molecule has 0 bridgehead atoms. The summed E-state index contributed by atoms with van der Waals surface area (Å²) in [6.07, 6.45) is 3.98. The SMILES string of the molecule is CCCc1ccc(Oc2ccc(CCl)cn2)cc1. The lowest BCUT2D eigenvalue weighted by Gasteiger charge is -2.06. The van der Waals surface area contributed by atoms with Crippen LogP contribution in [0.4, 0.5) is 0 Å². The molecule has 1 heterocycles. The van der Waals surface area contributed by atoms with E-state index in [4.69, 9.17) is 16.3 Å². The average molecular weight is 262 g/mol. The Kier molecular flexibility index (Phi) is 4.59. The van der Waals surface area contributed by atoms with Crippen molar-refractivity contribution in [2.24, 2.45) is 0 Å². The van der Waals surface area contributed by atoms with E-state index in [0.717, 1.165) is 24.2 Å². The molecular formula is C15H16ClNO. The van der Waals surface area contributed by atoms with Crippen LogP contribution < -0.4 is 4.74 Å². The van der Waals surface area contributed by atoms with Gasteiger partial charge < -0.3 is 4.74 Å². The number of aryl methyl sites for hydroxylation is 1. The number of pyridine rings is 1. The van der Waals surface area contributed by atoms with Gasteiger partial charge in [0.05, 0.1) is 0 Å². The van der Waals surface area contributed by atoms with Crippen LogP contribution in [-0.2, 0) is 12.3 Å². The van der Waals surface area contributed by atoms with Crippen LogP contribution in [-0.4, -0.2) is 4.98 Å². The molecule has 2 aromatic rings. The highest BCUT2D eigenvalue weighted by Gasteiger charge is 1.99. The first-order valence-corrected chi connectivity index (χ1v) is 6.63. The van der Waals surface area contributed by atoms with Gasteiger partial charge in [-0.25, -0.2) is 4.98 Å². The zero-order chi connectivity index (χ0) is 12.8. The van der Waals surface area contributed by atoms with Crippen molar-refractivity contribution in [1.29, 1.82) is 0 Å². The summed E-state index contributed by atoms with van der Waals surface area (Å²) in [7, 11) is 0. The van der Waals surface area contributed by atoms with Gasteiger partial charge in [0.25, 0.3) is 0 Å². The van der Waals surface area contributed by atoms with Gasteiger partial charge in [-0.3, -0.25) is 0 Å². The van der Waals surface area contributed by atoms with Gasteiger partial charge in [0.2, 0.25) is 5.88 Å².